The van der Waals surface area contributed by atoms with E-state index in [9.17, 15) is 19.8 Å². The number of azo groups is 2. The molecule has 0 spiro atoms. The van der Waals surface area contributed by atoms with Crippen molar-refractivity contribution in [2.75, 3.05) is 0 Å². The molecule has 213 valence electrons. The van der Waals surface area contributed by atoms with Gasteiger partial charge in [-0.15, -0.1) is 20.5 Å². The summed E-state index contributed by atoms with van der Waals surface area (Å²) in [5, 5.41) is 37.9. The second-order valence-electron chi connectivity index (χ2n) is 8.75. The standard InChI is InChI=1S/2C16H11N3O2.Co/c2*20-16(21)15-12-6-2-1-5-11(12)8-9-13(15)18-19-14-7-3-4-10-17-14;/h2*1-10H,(H,20,21);. The normalized spacial score (nSPS) is 10.8. The Balaban J connectivity index is 0.000000192. The number of carboxylic acid groups (broad SMARTS) is 2. The van der Waals surface area contributed by atoms with Crippen molar-refractivity contribution in [1.82, 2.24) is 9.97 Å². The minimum atomic E-state index is -1.03. The van der Waals surface area contributed by atoms with Gasteiger partial charge in [0.25, 0.3) is 0 Å². The number of carboxylic acids is 2. The molecule has 6 aromatic rings. The zero-order valence-corrected chi connectivity index (χ0v) is 23.3. The number of aromatic carboxylic acids is 2. The molecule has 0 atom stereocenters. The van der Waals surface area contributed by atoms with Crippen LogP contribution in [0.2, 0.25) is 0 Å². The van der Waals surface area contributed by atoms with Gasteiger partial charge >= 0.3 is 11.9 Å². The topological polar surface area (TPSA) is 150 Å². The predicted octanol–water partition coefficient (Wildman–Crippen LogP) is 8.69. The van der Waals surface area contributed by atoms with Crippen LogP contribution in [0, 0.1) is 0 Å². The van der Waals surface area contributed by atoms with Gasteiger partial charge in [0.05, 0.1) is 11.1 Å². The van der Waals surface area contributed by atoms with Crippen LogP contribution in [-0.2, 0) is 16.8 Å². The van der Waals surface area contributed by atoms with Gasteiger partial charge in [0.2, 0.25) is 0 Å². The van der Waals surface area contributed by atoms with Crippen LogP contribution < -0.4 is 0 Å². The summed E-state index contributed by atoms with van der Waals surface area (Å²) in [4.78, 5) is 31.1. The zero-order valence-electron chi connectivity index (χ0n) is 22.3. The van der Waals surface area contributed by atoms with Crippen molar-refractivity contribution in [3.05, 3.63) is 133 Å². The van der Waals surface area contributed by atoms with E-state index in [1.807, 2.05) is 36.4 Å². The van der Waals surface area contributed by atoms with Crippen LogP contribution in [-0.4, -0.2) is 32.1 Å². The average Bonchev–Trinajstić information content (AvgIpc) is 3.03. The van der Waals surface area contributed by atoms with E-state index in [0.717, 1.165) is 10.8 Å². The molecule has 10 nitrogen and oxygen atoms in total. The summed E-state index contributed by atoms with van der Waals surface area (Å²) in [6, 6.07) is 32.1. The zero-order chi connectivity index (χ0) is 29.3. The van der Waals surface area contributed by atoms with Gasteiger partial charge in [-0.2, -0.15) is 0 Å². The Morgan fingerprint density at radius 2 is 0.884 bits per heavy atom. The molecule has 0 saturated carbocycles. The minimum absolute atomic E-state index is 0. The number of aromatic nitrogens is 2. The monoisotopic (exact) mass is 613 g/mol. The fraction of sp³-hybridized carbons (Fsp3) is 0. The Morgan fingerprint density at radius 3 is 1.26 bits per heavy atom. The number of hydrogen-bond donors (Lipinski definition) is 2. The van der Waals surface area contributed by atoms with Gasteiger partial charge in [0.15, 0.2) is 11.6 Å². The van der Waals surface area contributed by atoms with Crippen molar-refractivity contribution >= 4 is 56.5 Å². The fourth-order valence-electron chi connectivity index (χ4n) is 4.17. The number of benzene rings is 4. The Kier molecular flexibility index (Phi) is 10.1. The summed E-state index contributed by atoms with van der Waals surface area (Å²) in [6.07, 6.45) is 3.21. The molecule has 0 fully saturated rings. The van der Waals surface area contributed by atoms with Crippen LogP contribution in [0.15, 0.2) is 142 Å². The summed E-state index contributed by atoms with van der Waals surface area (Å²) in [5.74, 6) is -1.19. The maximum atomic E-state index is 11.5. The van der Waals surface area contributed by atoms with Crippen molar-refractivity contribution in [3.63, 3.8) is 0 Å². The molecular weight excluding hydrogens is 591 g/mol. The smallest absolute Gasteiger partial charge is 0.338 e. The molecule has 0 bridgehead atoms. The summed E-state index contributed by atoms with van der Waals surface area (Å²) in [6.45, 7) is 0. The molecule has 2 aromatic heterocycles. The van der Waals surface area contributed by atoms with E-state index < -0.39 is 11.9 Å². The van der Waals surface area contributed by atoms with Crippen LogP contribution in [0.5, 0.6) is 0 Å². The Labute approximate surface area is 255 Å². The molecule has 0 saturated heterocycles. The van der Waals surface area contributed by atoms with Gasteiger partial charge in [-0.3, -0.25) is 0 Å². The quantitative estimate of drug-likeness (QED) is 0.179. The Hall–Kier alpha value is -5.65. The van der Waals surface area contributed by atoms with Crippen LogP contribution >= 0.6 is 0 Å². The van der Waals surface area contributed by atoms with Crippen molar-refractivity contribution < 1.29 is 36.6 Å². The first-order chi connectivity index (χ1) is 20.5. The molecule has 2 heterocycles. The van der Waals surface area contributed by atoms with Gasteiger partial charge in [-0.25, -0.2) is 19.6 Å². The van der Waals surface area contributed by atoms with E-state index in [4.69, 9.17) is 0 Å². The first-order valence-corrected chi connectivity index (χ1v) is 12.7. The van der Waals surface area contributed by atoms with E-state index in [-0.39, 0.29) is 27.9 Å². The largest absolute Gasteiger partial charge is 0.478 e. The molecule has 6 rings (SSSR count). The van der Waals surface area contributed by atoms with Gasteiger partial charge in [0.1, 0.15) is 11.4 Å². The van der Waals surface area contributed by atoms with Gasteiger partial charge < -0.3 is 10.2 Å². The number of carbonyl (C=O) groups is 2. The Morgan fingerprint density at radius 1 is 0.488 bits per heavy atom. The number of pyridine rings is 2. The van der Waals surface area contributed by atoms with Gasteiger partial charge in [-0.05, 0) is 57.9 Å². The average molecular weight is 613 g/mol. The van der Waals surface area contributed by atoms with Gasteiger partial charge in [0, 0.05) is 29.2 Å². The predicted molar refractivity (Wildman–Crippen MR) is 159 cm³/mol. The van der Waals surface area contributed by atoms with E-state index in [0.29, 0.717) is 33.8 Å². The van der Waals surface area contributed by atoms with Crippen molar-refractivity contribution in [1.29, 1.82) is 0 Å². The van der Waals surface area contributed by atoms with E-state index in [1.165, 1.54) is 0 Å². The molecule has 11 heteroatoms. The summed E-state index contributed by atoms with van der Waals surface area (Å²) >= 11 is 0. The molecule has 0 amide bonds. The third-order valence-electron chi connectivity index (χ3n) is 6.06. The molecular formula is C32H22CoN6O4. The Bertz CT molecular complexity index is 1810. The van der Waals surface area contributed by atoms with Crippen LogP contribution in [0.1, 0.15) is 20.7 Å². The van der Waals surface area contributed by atoms with Gasteiger partial charge in [-0.1, -0.05) is 72.8 Å². The van der Waals surface area contributed by atoms with Crippen molar-refractivity contribution in [3.8, 4) is 0 Å². The molecule has 0 aliphatic carbocycles. The SMILES string of the molecule is O=C(O)c1c(N=Nc2ccccn2)ccc2ccccc12.O=C(O)c1c(N=Nc2ccccn2)ccc2ccccc12.[Co]. The second kappa shape index (κ2) is 14.3. The maximum absolute atomic E-state index is 11.5. The van der Waals surface area contributed by atoms with Crippen molar-refractivity contribution in [2.45, 2.75) is 0 Å². The molecule has 0 unspecified atom stereocenters. The third-order valence-corrected chi connectivity index (χ3v) is 6.06. The van der Waals surface area contributed by atoms with E-state index >= 15 is 0 Å². The van der Waals surface area contributed by atoms with Crippen molar-refractivity contribution in [2.24, 2.45) is 20.5 Å². The van der Waals surface area contributed by atoms with Crippen LogP contribution in [0.25, 0.3) is 21.5 Å². The number of nitrogens with zero attached hydrogens (tertiary/aromatic N) is 6. The van der Waals surface area contributed by atoms with Crippen LogP contribution in [0.4, 0.5) is 23.0 Å². The molecule has 43 heavy (non-hydrogen) atoms. The number of rotatable bonds is 6. The first kappa shape index (κ1) is 30.3. The molecule has 0 aliphatic rings. The molecule has 2 N–H and O–H groups in total. The van der Waals surface area contributed by atoms with E-state index in [2.05, 4.69) is 30.4 Å². The van der Waals surface area contributed by atoms with Crippen LogP contribution in [0.3, 0.4) is 0 Å². The molecule has 1 radical (unpaired) electrons. The second-order valence-corrected chi connectivity index (χ2v) is 8.75. The summed E-state index contributed by atoms with van der Waals surface area (Å²) < 4.78 is 0. The van der Waals surface area contributed by atoms with E-state index in [1.54, 1.807) is 85.2 Å². The molecule has 4 aromatic carbocycles. The summed E-state index contributed by atoms with van der Waals surface area (Å²) in [5.41, 5.74) is 0.916. The maximum Gasteiger partial charge on any atom is 0.338 e. The summed E-state index contributed by atoms with van der Waals surface area (Å²) in [7, 11) is 0. The first-order valence-electron chi connectivity index (χ1n) is 12.7. The number of fused-ring (bicyclic) bond motifs is 2. The minimum Gasteiger partial charge on any atom is -0.478 e. The number of hydrogen-bond acceptors (Lipinski definition) is 8. The third kappa shape index (κ3) is 7.36. The molecule has 0 aliphatic heterocycles. The fourth-order valence-corrected chi connectivity index (χ4v) is 4.17.